The van der Waals surface area contributed by atoms with Gasteiger partial charge in [-0.3, -0.25) is 0 Å². The molecule has 0 aromatic heterocycles. The van der Waals surface area contributed by atoms with E-state index in [2.05, 4.69) is 17.0 Å². The predicted octanol–water partition coefficient (Wildman–Crippen LogP) is 1.14. The number of rotatable bonds is 6. The minimum atomic E-state index is -3.32. The van der Waals surface area contributed by atoms with E-state index in [4.69, 9.17) is 0 Å². The van der Waals surface area contributed by atoms with Crippen molar-refractivity contribution in [3.63, 3.8) is 0 Å². The zero-order valence-corrected chi connectivity index (χ0v) is 11.3. The first-order valence-electron chi connectivity index (χ1n) is 5.73. The topological polar surface area (TPSA) is 58.2 Å². The monoisotopic (exact) mass is 256 g/mol. The highest BCUT2D eigenvalue weighted by atomic mass is 32.2. The second-order valence-corrected chi connectivity index (χ2v) is 5.84. The molecular formula is C12H20N2O2S. The molecule has 0 spiro atoms. The Morgan fingerprint density at radius 2 is 1.76 bits per heavy atom. The highest BCUT2D eigenvalue weighted by molar-refractivity contribution is 7.89. The van der Waals surface area contributed by atoms with Crippen LogP contribution in [0.2, 0.25) is 0 Å². The minimum Gasteiger partial charge on any atom is -0.317 e. The Kier molecular flexibility index (Phi) is 5.11. The molecule has 0 saturated heterocycles. The van der Waals surface area contributed by atoms with Gasteiger partial charge in [0.05, 0.1) is 4.90 Å². The molecule has 0 amide bonds. The van der Waals surface area contributed by atoms with Crippen LogP contribution in [0.5, 0.6) is 0 Å². The van der Waals surface area contributed by atoms with E-state index in [1.54, 1.807) is 12.1 Å². The molecule has 0 bridgehead atoms. The molecule has 0 aliphatic rings. The minimum absolute atomic E-state index is 0.307. The molecule has 4 nitrogen and oxygen atoms in total. The van der Waals surface area contributed by atoms with Crippen LogP contribution in [0, 0.1) is 0 Å². The first-order chi connectivity index (χ1) is 8.03. The Bertz CT molecular complexity index is 436. The standard InChI is InChI=1S/C12H20N2O2S/c1-4-11(13-2)9-10-5-7-12(8-6-10)17(15,16)14-3/h5-8,11,13-14H,4,9H2,1-3H3. The third kappa shape index (κ3) is 3.80. The normalized spacial score (nSPS) is 13.6. The van der Waals surface area contributed by atoms with Crippen LogP contribution in [0.3, 0.4) is 0 Å². The Balaban J connectivity index is 2.82. The van der Waals surface area contributed by atoms with E-state index < -0.39 is 10.0 Å². The summed E-state index contributed by atoms with van der Waals surface area (Å²) in [4.78, 5) is 0.307. The Labute approximate surface area is 103 Å². The lowest BCUT2D eigenvalue weighted by Gasteiger charge is -2.13. The highest BCUT2D eigenvalue weighted by Crippen LogP contribution is 2.12. The molecule has 1 aromatic carbocycles. The van der Waals surface area contributed by atoms with Gasteiger partial charge in [0, 0.05) is 6.04 Å². The Morgan fingerprint density at radius 3 is 2.18 bits per heavy atom. The lowest BCUT2D eigenvalue weighted by atomic mass is 10.0. The summed E-state index contributed by atoms with van der Waals surface area (Å²) in [5, 5.41) is 3.23. The summed E-state index contributed by atoms with van der Waals surface area (Å²) in [6.07, 6.45) is 1.96. The van der Waals surface area contributed by atoms with Crippen molar-refractivity contribution in [3.05, 3.63) is 29.8 Å². The fourth-order valence-corrected chi connectivity index (χ4v) is 2.39. The molecule has 0 fully saturated rings. The van der Waals surface area contributed by atoms with Crippen molar-refractivity contribution in [1.82, 2.24) is 10.0 Å². The zero-order valence-electron chi connectivity index (χ0n) is 10.5. The summed E-state index contributed by atoms with van der Waals surface area (Å²) in [6.45, 7) is 2.13. The Morgan fingerprint density at radius 1 is 1.18 bits per heavy atom. The van der Waals surface area contributed by atoms with Gasteiger partial charge in [-0.2, -0.15) is 0 Å². The maximum Gasteiger partial charge on any atom is 0.240 e. The zero-order chi connectivity index (χ0) is 12.9. The molecule has 0 aliphatic carbocycles. The second-order valence-electron chi connectivity index (χ2n) is 3.95. The molecule has 0 radical (unpaired) electrons. The average molecular weight is 256 g/mol. The van der Waals surface area contributed by atoms with E-state index >= 15 is 0 Å². The van der Waals surface area contributed by atoms with Gasteiger partial charge in [-0.25, -0.2) is 13.1 Å². The summed E-state index contributed by atoms with van der Waals surface area (Å²) in [5.74, 6) is 0. The van der Waals surface area contributed by atoms with E-state index in [-0.39, 0.29) is 0 Å². The third-order valence-electron chi connectivity index (χ3n) is 2.89. The summed E-state index contributed by atoms with van der Waals surface area (Å²) in [7, 11) is 0.0324. The predicted molar refractivity (Wildman–Crippen MR) is 69.5 cm³/mol. The number of benzene rings is 1. The molecule has 0 aliphatic heterocycles. The van der Waals surface area contributed by atoms with Gasteiger partial charge in [-0.1, -0.05) is 19.1 Å². The molecule has 1 aromatic rings. The van der Waals surface area contributed by atoms with Gasteiger partial charge in [0.2, 0.25) is 10.0 Å². The van der Waals surface area contributed by atoms with Crippen LogP contribution in [0.1, 0.15) is 18.9 Å². The quantitative estimate of drug-likeness (QED) is 0.802. The fraction of sp³-hybridized carbons (Fsp3) is 0.500. The van der Waals surface area contributed by atoms with E-state index in [0.717, 1.165) is 18.4 Å². The largest absolute Gasteiger partial charge is 0.317 e. The summed E-state index contributed by atoms with van der Waals surface area (Å²) < 4.78 is 25.3. The number of nitrogens with one attached hydrogen (secondary N) is 2. The van der Waals surface area contributed by atoms with Crippen LogP contribution in [0.4, 0.5) is 0 Å². The van der Waals surface area contributed by atoms with Gasteiger partial charge in [0.25, 0.3) is 0 Å². The molecule has 2 N–H and O–H groups in total. The smallest absolute Gasteiger partial charge is 0.240 e. The fourth-order valence-electron chi connectivity index (χ4n) is 1.66. The SMILES string of the molecule is CCC(Cc1ccc(S(=O)(=O)NC)cc1)NC. The number of hydrogen-bond acceptors (Lipinski definition) is 3. The summed E-state index contributed by atoms with van der Waals surface area (Å²) in [6, 6.07) is 7.45. The summed E-state index contributed by atoms with van der Waals surface area (Å²) in [5.41, 5.74) is 1.14. The van der Waals surface area contributed by atoms with Crippen molar-refractivity contribution in [2.24, 2.45) is 0 Å². The number of sulfonamides is 1. The van der Waals surface area contributed by atoms with Crippen LogP contribution < -0.4 is 10.0 Å². The molecule has 0 heterocycles. The van der Waals surface area contributed by atoms with Crippen molar-refractivity contribution in [2.75, 3.05) is 14.1 Å². The summed E-state index contributed by atoms with van der Waals surface area (Å²) >= 11 is 0. The van der Waals surface area contributed by atoms with Crippen molar-refractivity contribution in [3.8, 4) is 0 Å². The number of hydrogen-bond donors (Lipinski definition) is 2. The lowest BCUT2D eigenvalue weighted by Crippen LogP contribution is -2.26. The third-order valence-corrected chi connectivity index (χ3v) is 4.32. The van der Waals surface area contributed by atoms with Gasteiger partial charge in [0.15, 0.2) is 0 Å². The van der Waals surface area contributed by atoms with Crippen molar-refractivity contribution < 1.29 is 8.42 Å². The molecule has 5 heteroatoms. The molecule has 1 atom stereocenters. The van der Waals surface area contributed by atoms with Gasteiger partial charge in [0.1, 0.15) is 0 Å². The van der Waals surface area contributed by atoms with Gasteiger partial charge in [-0.15, -0.1) is 0 Å². The molecule has 96 valence electrons. The first kappa shape index (κ1) is 14.2. The van der Waals surface area contributed by atoms with E-state index in [0.29, 0.717) is 10.9 Å². The Hall–Kier alpha value is -0.910. The van der Waals surface area contributed by atoms with E-state index in [9.17, 15) is 8.42 Å². The highest BCUT2D eigenvalue weighted by Gasteiger charge is 2.11. The molecule has 0 saturated carbocycles. The molecule has 1 unspecified atom stereocenters. The van der Waals surface area contributed by atoms with E-state index in [1.165, 1.54) is 7.05 Å². The lowest BCUT2D eigenvalue weighted by molar-refractivity contribution is 0.543. The van der Waals surface area contributed by atoms with Gasteiger partial charge in [-0.05, 0) is 44.6 Å². The molecule has 1 rings (SSSR count). The van der Waals surface area contributed by atoms with Crippen LogP contribution in [0.15, 0.2) is 29.2 Å². The second kappa shape index (κ2) is 6.14. The van der Waals surface area contributed by atoms with Gasteiger partial charge >= 0.3 is 0 Å². The van der Waals surface area contributed by atoms with Crippen LogP contribution in [-0.2, 0) is 16.4 Å². The van der Waals surface area contributed by atoms with Crippen molar-refractivity contribution in [2.45, 2.75) is 30.7 Å². The molecular weight excluding hydrogens is 236 g/mol. The molecule has 17 heavy (non-hydrogen) atoms. The van der Waals surface area contributed by atoms with Crippen molar-refractivity contribution in [1.29, 1.82) is 0 Å². The van der Waals surface area contributed by atoms with Crippen molar-refractivity contribution >= 4 is 10.0 Å². The maximum atomic E-state index is 11.5. The van der Waals surface area contributed by atoms with E-state index in [1.807, 2.05) is 19.2 Å². The van der Waals surface area contributed by atoms with Gasteiger partial charge < -0.3 is 5.32 Å². The van der Waals surface area contributed by atoms with Crippen LogP contribution >= 0.6 is 0 Å². The van der Waals surface area contributed by atoms with Crippen LogP contribution in [0.25, 0.3) is 0 Å². The first-order valence-corrected chi connectivity index (χ1v) is 7.21. The average Bonchev–Trinajstić information content (AvgIpc) is 2.36. The number of likely N-dealkylation sites (N-methyl/N-ethyl adjacent to an activating group) is 1. The maximum absolute atomic E-state index is 11.5. The van der Waals surface area contributed by atoms with Crippen LogP contribution in [-0.4, -0.2) is 28.6 Å².